The summed E-state index contributed by atoms with van der Waals surface area (Å²) in [6.45, 7) is 5.17. The highest BCUT2D eigenvalue weighted by Crippen LogP contribution is 2.21. The van der Waals surface area contributed by atoms with Gasteiger partial charge in [0.15, 0.2) is 0 Å². The molecule has 2 atom stereocenters. The van der Waals surface area contributed by atoms with E-state index in [1.54, 1.807) is 19.1 Å². The largest absolute Gasteiger partial charge is 0.480 e. The van der Waals surface area contributed by atoms with Crippen molar-refractivity contribution in [2.24, 2.45) is 5.92 Å². The minimum atomic E-state index is -0.967. The van der Waals surface area contributed by atoms with Crippen molar-refractivity contribution in [2.45, 2.75) is 38.8 Å². The number of rotatable bonds is 5. The second-order valence-electron chi connectivity index (χ2n) is 5.49. The fourth-order valence-corrected chi connectivity index (χ4v) is 2.18. The molecule has 19 heavy (non-hydrogen) atoms. The van der Waals surface area contributed by atoms with Crippen LogP contribution in [0.15, 0.2) is 0 Å². The molecule has 110 valence electrons. The van der Waals surface area contributed by atoms with Crippen molar-refractivity contribution in [3.05, 3.63) is 0 Å². The van der Waals surface area contributed by atoms with E-state index in [0.29, 0.717) is 25.4 Å². The molecule has 0 radical (unpaired) electrons. The first-order valence-electron chi connectivity index (χ1n) is 6.64. The number of nitrogens with zero attached hydrogens (tertiary/aromatic N) is 2. The maximum absolute atomic E-state index is 12.3. The van der Waals surface area contributed by atoms with E-state index in [9.17, 15) is 14.7 Å². The number of urea groups is 1. The molecule has 0 bridgehead atoms. The predicted molar refractivity (Wildman–Crippen MR) is 71.0 cm³/mol. The highest BCUT2D eigenvalue weighted by molar-refractivity contribution is 5.83. The number of amides is 2. The smallest absolute Gasteiger partial charge is 0.326 e. The molecule has 1 fully saturated rings. The lowest BCUT2D eigenvalue weighted by atomic mass is 10.1. The van der Waals surface area contributed by atoms with E-state index in [1.807, 2.05) is 0 Å². The Hall–Kier alpha value is -1.30. The zero-order chi connectivity index (χ0) is 14.6. The summed E-state index contributed by atoms with van der Waals surface area (Å²) in [5.74, 6) is -0.457. The van der Waals surface area contributed by atoms with Crippen LogP contribution in [0.25, 0.3) is 0 Å². The quantitative estimate of drug-likeness (QED) is 0.818. The van der Waals surface area contributed by atoms with Crippen LogP contribution in [0.3, 0.4) is 0 Å². The third-order valence-corrected chi connectivity index (χ3v) is 3.50. The first-order chi connectivity index (χ1) is 8.86. The zero-order valence-electron chi connectivity index (χ0n) is 12.1. The SMILES string of the molecule is COC1CC(C(=O)O)N(C(=O)N(C)CCC(C)C)C1. The third kappa shape index (κ3) is 4.09. The van der Waals surface area contributed by atoms with E-state index in [-0.39, 0.29) is 12.1 Å². The summed E-state index contributed by atoms with van der Waals surface area (Å²) in [5.41, 5.74) is 0. The van der Waals surface area contributed by atoms with Crippen LogP contribution in [-0.2, 0) is 9.53 Å². The van der Waals surface area contributed by atoms with E-state index < -0.39 is 12.0 Å². The topological polar surface area (TPSA) is 70.1 Å². The molecule has 0 aliphatic carbocycles. The average molecular weight is 272 g/mol. The third-order valence-electron chi connectivity index (χ3n) is 3.50. The van der Waals surface area contributed by atoms with Crippen molar-refractivity contribution in [1.29, 1.82) is 0 Å². The maximum atomic E-state index is 12.3. The van der Waals surface area contributed by atoms with Crippen molar-refractivity contribution in [3.8, 4) is 0 Å². The summed E-state index contributed by atoms with van der Waals surface area (Å²) in [6.07, 6.45) is 1.07. The number of carbonyl (C=O) groups is 2. The molecule has 0 saturated carbocycles. The summed E-state index contributed by atoms with van der Waals surface area (Å²) in [5, 5.41) is 9.18. The molecule has 0 aromatic rings. The molecule has 6 nitrogen and oxygen atoms in total. The Kier molecular flexibility index (Phi) is 5.60. The summed E-state index contributed by atoms with van der Waals surface area (Å²) in [6, 6.07) is -1.01. The summed E-state index contributed by atoms with van der Waals surface area (Å²) in [4.78, 5) is 26.5. The fourth-order valence-electron chi connectivity index (χ4n) is 2.18. The Labute approximate surface area is 114 Å². The van der Waals surface area contributed by atoms with Crippen LogP contribution in [0.1, 0.15) is 26.7 Å². The van der Waals surface area contributed by atoms with Gasteiger partial charge >= 0.3 is 12.0 Å². The number of ether oxygens (including phenoxy) is 1. The van der Waals surface area contributed by atoms with Gasteiger partial charge in [0, 0.05) is 33.7 Å². The van der Waals surface area contributed by atoms with E-state index in [2.05, 4.69) is 13.8 Å². The van der Waals surface area contributed by atoms with Crippen molar-refractivity contribution in [1.82, 2.24) is 9.80 Å². The Bertz CT molecular complexity index is 333. The van der Waals surface area contributed by atoms with Gasteiger partial charge in [-0.05, 0) is 12.3 Å². The second kappa shape index (κ2) is 6.75. The van der Waals surface area contributed by atoms with Crippen LogP contribution < -0.4 is 0 Å². The van der Waals surface area contributed by atoms with E-state index in [0.717, 1.165) is 6.42 Å². The zero-order valence-corrected chi connectivity index (χ0v) is 12.1. The van der Waals surface area contributed by atoms with Crippen molar-refractivity contribution in [3.63, 3.8) is 0 Å². The molecule has 2 amide bonds. The molecule has 2 unspecified atom stereocenters. The molecule has 1 saturated heterocycles. The van der Waals surface area contributed by atoms with E-state index in [4.69, 9.17) is 4.74 Å². The lowest BCUT2D eigenvalue weighted by molar-refractivity contribution is -0.141. The minimum Gasteiger partial charge on any atom is -0.480 e. The van der Waals surface area contributed by atoms with Crippen molar-refractivity contribution >= 4 is 12.0 Å². The Morgan fingerprint density at radius 2 is 2.11 bits per heavy atom. The molecular formula is C13H24N2O4. The summed E-state index contributed by atoms with van der Waals surface area (Å²) < 4.78 is 5.17. The molecule has 1 N–H and O–H groups in total. The van der Waals surface area contributed by atoms with Crippen LogP contribution in [0.5, 0.6) is 0 Å². The van der Waals surface area contributed by atoms with Gasteiger partial charge in [-0.15, -0.1) is 0 Å². The fraction of sp³-hybridized carbons (Fsp3) is 0.846. The molecule has 1 aliphatic rings. The van der Waals surface area contributed by atoms with Gasteiger partial charge in [0.1, 0.15) is 6.04 Å². The van der Waals surface area contributed by atoms with E-state index >= 15 is 0 Å². The maximum Gasteiger partial charge on any atom is 0.326 e. The van der Waals surface area contributed by atoms with Crippen LogP contribution in [0.4, 0.5) is 4.79 Å². The number of aliphatic carboxylic acids is 1. The van der Waals surface area contributed by atoms with Gasteiger partial charge < -0.3 is 19.6 Å². The van der Waals surface area contributed by atoms with Gasteiger partial charge in [0.25, 0.3) is 0 Å². The number of likely N-dealkylation sites (tertiary alicyclic amines) is 1. The lowest BCUT2D eigenvalue weighted by Crippen LogP contribution is -2.47. The number of hydrogen-bond acceptors (Lipinski definition) is 3. The van der Waals surface area contributed by atoms with Crippen LogP contribution in [0.2, 0.25) is 0 Å². The molecule has 6 heteroatoms. The van der Waals surface area contributed by atoms with Gasteiger partial charge in [-0.25, -0.2) is 9.59 Å². The van der Waals surface area contributed by atoms with Crippen LogP contribution in [-0.4, -0.2) is 66.3 Å². The molecule has 0 spiro atoms. The monoisotopic (exact) mass is 272 g/mol. The summed E-state index contributed by atoms with van der Waals surface area (Å²) >= 11 is 0. The number of carbonyl (C=O) groups excluding carboxylic acids is 1. The number of carboxylic acids is 1. The Balaban J connectivity index is 2.65. The Morgan fingerprint density at radius 1 is 1.47 bits per heavy atom. The molecule has 0 aromatic heterocycles. The average Bonchev–Trinajstić information content (AvgIpc) is 2.79. The van der Waals surface area contributed by atoms with Gasteiger partial charge in [0.05, 0.1) is 6.10 Å². The van der Waals surface area contributed by atoms with Crippen LogP contribution in [0, 0.1) is 5.92 Å². The van der Waals surface area contributed by atoms with Gasteiger partial charge in [-0.2, -0.15) is 0 Å². The van der Waals surface area contributed by atoms with E-state index in [1.165, 1.54) is 4.90 Å². The van der Waals surface area contributed by atoms with Gasteiger partial charge in [-0.3, -0.25) is 0 Å². The molecule has 1 rings (SSSR count). The number of hydrogen-bond donors (Lipinski definition) is 1. The first-order valence-corrected chi connectivity index (χ1v) is 6.64. The Morgan fingerprint density at radius 3 is 2.58 bits per heavy atom. The normalized spacial score (nSPS) is 22.9. The van der Waals surface area contributed by atoms with Crippen LogP contribution >= 0.6 is 0 Å². The highest BCUT2D eigenvalue weighted by atomic mass is 16.5. The lowest BCUT2D eigenvalue weighted by Gasteiger charge is -2.27. The molecule has 1 aliphatic heterocycles. The number of carboxylic acid groups (broad SMARTS) is 1. The summed E-state index contributed by atoms with van der Waals surface area (Å²) in [7, 11) is 3.25. The highest BCUT2D eigenvalue weighted by Gasteiger charge is 2.40. The van der Waals surface area contributed by atoms with Crippen molar-refractivity contribution < 1.29 is 19.4 Å². The minimum absolute atomic E-state index is 0.191. The molecule has 0 aromatic carbocycles. The van der Waals surface area contributed by atoms with Crippen molar-refractivity contribution in [2.75, 3.05) is 27.2 Å². The van der Waals surface area contributed by atoms with Gasteiger partial charge in [-0.1, -0.05) is 13.8 Å². The molecule has 1 heterocycles. The first kappa shape index (κ1) is 15.8. The number of methoxy groups -OCH3 is 1. The second-order valence-corrected chi connectivity index (χ2v) is 5.49. The predicted octanol–water partition coefficient (Wildman–Crippen LogP) is 1.26. The standard InChI is InChI=1S/C13H24N2O4/c1-9(2)5-6-14(3)13(18)15-8-10(19-4)7-11(15)12(16)17/h9-11H,5-8H2,1-4H3,(H,16,17). The molecular weight excluding hydrogens is 248 g/mol. The van der Waals surface area contributed by atoms with Gasteiger partial charge in [0.2, 0.25) is 0 Å².